The Labute approximate surface area is 144 Å². The van der Waals surface area contributed by atoms with Crippen LogP contribution >= 0.6 is 0 Å². The monoisotopic (exact) mass is 358 g/mol. The third-order valence-corrected chi connectivity index (χ3v) is 5.30. The maximum absolute atomic E-state index is 13.2. The molecule has 0 radical (unpaired) electrons. The maximum atomic E-state index is 13.2. The van der Waals surface area contributed by atoms with Crippen molar-refractivity contribution >= 4 is 16.0 Å². The zero-order valence-electron chi connectivity index (χ0n) is 14.5. The number of halogens is 1. The molecule has 24 heavy (non-hydrogen) atoms. The fourth-order valence-corrected chi connectivity index (χ4v) is 2.86. The van der Waals surface area contributed by atoms with Gasteiger partial charge < -0.3 is 10.6 Å². The first-order valence-electron chi connectivity index (χ1n) is 8.09. The summed E-state index contributed by atoms with van der Waals surface area (Å²) in [5, 5.41) is 6.26. The SMILES string of the molecule is CCNC(=NCc1cccc(F)c1)NCCCN(C)S(=O)(=O)CC. The highest BCUT2D eigenvalue weighted by atomic mass is 32.2. The van der Waals surface area contributed by atoms with E-state index in [4.69, 9.17) is 0 Å². The molecule has 1 aromatic carbocycles. The van der Waals surface area contributed by atoms with Crippen LogP contribution < -0.4 is 10.6 Å². The van der Waals surface area contributed by atoms with E-state index in [1.165, 1.54) is 16.4 Å². The zero-order valence-corrected chi connectivity index (χ0v) is 15.4. The highest BCUT2D eigenvalue weighted by Crippen LogP contribution is 2.04. The van der Waals surface area contributed by atoms with Crippen LogP contribution in [0.3, 0.4) is 0 Å². The van der Waals surface area contributed by atoms with E-state index < -0.39 is 10.0 Å². The van der Waals surface area contributed by atoms with E-state index >= 15 is 0 Å². The minimum Gasteiger partial charge on any atom is -0.357 e. The molecule has 0 heterocycles. The third-order valence-electron chi connectivity index (χ3n) is 3.43. The molecule has 0 aliphatic heterocycles. The summed E-state index contributed by atoms with van der Waals surface area (Å²) < 4.78 is 37.8. The van der Waals surface area contributed by atoms with Crippen molar-refractivity contribution in [3.8, 4) is 0 Å². The number of sulfonamides is 1. The second-order valence-electron chi connectivity index (χ2n) is 5.33. The number of benzene rings is 1. The molecule has 0 amide bonds. The molecule has 0 bridgehead atoms. The van der Waals surface area contributed by atoms with Gasteiger partial charge in [-0.05, 0) is 38.0 Å². The molecule has 0 unspecified atom stereocenters. The first-order valence-corrected chi connectivity index (χ1v) is 9.70. The Bertz CT molecular complexity index is 635. The largest absolute Gasteiger partial charge is 0.357 e. The lowest BCUT2D eigenvalue weighted by Gasteiger charge is -2.16. The lowest BCUT2D eigenvalue weighted by atomic mass is 10.2. The number of nitrogens with one attached hydrogen (secondary N) is 2. The molecule has 2 N–H and O–H groups in total. The molecular weight excluding hydrogens is 331 g/mol. The van der Waals surface area contributed by atoms with Crippen LogP contribution in [0.1, 0.15) is 25.8 Å². The summed E-state index contributed by atoms with van der Waals surface area (Å²) in [6, 6.07) is 6.33. The Kier molecular flexibility index (Phi) is 8.70. The average Bonchev–Trinajstić information content (AvgIpc) is 2.56. The van der Waals surface area contributed by atoms with Crippen molar-refractivity contribution in [3.05, 3.63) is 35.6 Å². The summed E-state index contributed by atoms with van der Waals surface area (Å²) in [6.07, 6.45) is 0.667. The molecule has 0 aliphatic rings. The quantitative estimate of drug-likeness (QED) is 0.399. The van der Waals surface area contributed by atoms with Gasteiger partial charge in [0.15, 0.2) is 5.96 Å². The normalized spacial score (nSPS) is 12.5. The first-order chi connectivity index (χ1) is 11.4. The molecule has 0 aliphatic carbocycles. The summed E-state index contributed by atoms with van der Waals surface area (Å²) in [5.41, 5.74) is 0.793. The highest BCUT2D eigenvalue weighted by Gasteiger charge is 2.13. The van der Waals surface area contributed by atoms with Crippen molar-refractivity contribution in [2.45, 2.75) is 26.8 Å². The summed E-state index contributed by atoms with van der Waals surface area (Å²) in [5.74, 6) is 0.456. The van der Waals surface area contributed by atoms with E-state index in [0.717, 1.165) is 5.56 Å². The van der Waals surface area contributed by atoms with Gasteiger partial charge in [0.2, 0.25) is 10.0 Å². The van der Waals surface area contributed by atoms with Crippen LogP contribution in [-0.4, -0.2) is 51.1 Å². The van der Waals surface area contributed by atoms with Crippen LogP contribution in [0.15, 0.2) is 29.3 Å². The van der Waals surface area contributed by atoms with Crippen LogP contribution in [0.25, 0.3) is 0 Å². The van der Waals surface area contributed by atoms with E-state index in [1.807, 2.05) is 13.0 Å². The summed E-state index contributed by atoms with van der Waals surface area (Å²) in [4.78, 5) is 4.40. The Balaban J connectivity index is 2.47. The minimum atomic E-state index is -3.14. The molecule has 8 heteroatoms. The lowest BCUT2D eigenvalue weighted by Crippen LogP contribution is -2.39. The van der Waals surface area contributed by atoms with Gasteiger partial charge >= 0.3 is 0 Å². The van der Waals surface area contributed by atoms with Crippen LogP contribution in [0.2, 0.25) is 0 Å². The number of rotatable bonds is 9. The Hall–Kier alpha value is -1.67. The van der Waals surface area contributed by atoms with Gasteiger partial charge in [-0.15, -0.1) is 0 Å². The summed E-state index contributed by atoms with van der Waals surface area (Å²) in [6.45, 7) is 5.72. The van der Waals surface area contributed by atoms with Crippen molar-refractivity contribution in [1.29, 1.82) is 0 Å². The predicted molar refractivity (Wildman–Crippen MR) is 95.9 cm³/mol. The number of aliphatic imine (C=N–C) groups is 1. The number of nitrogens with zero attached hydrogens (tertiary/aromatic N) is 2. The lowest BCUT2D eigenvalue weighted by molar-refractivity contribution is 0.461. The molecule has 0 spiro atoms. The third kappa shape index (κ3) is 7.27. The highest BCUT2D eigenvalue weighted by molar-refractivity contribution is 7.89. The van der Waals surface area contributed by atoms with Gasteiger partial charge in [0, 0.05) is 26.7 Å². The van der Waals surface area contributed by atoms with E-state index in [9.17, 15) is 12.8 Å². The minimum absolute atomic E-state index is 0.106. The maximum Gasteiger partial charge on any atom is 0.213 e. The van der Waals surface area contributed by atoms with Crippen LogP contribution in [-0.2, 0) is 16.6 Å². The van der Waals surface area contributed by atoms with Gasteiger partial charge in [-0.2, -0.15) is 0 Å². The summed E-state index contributed by atoms with van der Waals surface area (Å²) in [7, 11) is -1.55. The molecule has 0 atom stereocenters. The standard InChI is InChI=1S/C16H27FN4O2S/c1-4-18-16(20-13-14-8-6-9-15(17)12-14)19-10-7-11-21(3)24(22,23)5-2/h6,8-9,12H,4-5,7,10-11,13H2,1-3H3,(H2,18,19,20). The Morgan fingerprint density at radius 3 is 2.67 bits per heavy atom. The molecule has 0 saturated carbocycles. The van der Waals surface area contributed by atoms with Crippen molar-refractivity contribution in [3.63, 3.8) is 0 Å². The molecular formula is C16H27FN4O2S. The van der Waals surface area contributed by atoms with Crippen LogP contribution in [0.5, 0.6) is 0 Å². The number of hydrogen-bond donors (Lipinski definition) is 2. The number of guanidine groups is 1. The Morgan fingerprint density at radius 2 is 2.04 bits per heavy atom. The van der Waals surface area contributed by atoms with Gasteiger partial charge in [-0.1, -0.05) is 12.1 Å². The van der Waals surface area contributed by atoms with Gasteiger partial charge in [-0.3, -0.25) is 0 Å². The number of hydrogen-bond acceptors (Lipinski definition) is 3. The van der Waals surface area contributed by atoms with Crippen molar-refractivity contribution in [2.24, 2.45) is 4.99 Å². The van der Waals surface area contributed by atoms with Gasteiger partial charge in [0.25, 0.3) is 0 Å². The fourth-order valence-electron chi connectivity index (χ4n) is 2.02. The average molecular weight is 358 g/mol. The second-order valence-corrected chi connectivity index (χ2v) is 7.69. The van der Waals surface area contributed by atoms with E-state index in [1.54, 1.807) is 20.0 Å². The van der Waals surface area contributed by atoms with E-state index in [2.05, 4.69) is 15.6 Å². The fraction of sp³-hybridized carbons (Fsp3) is 0.562. The van der Waals surface area contributed by atoms with Gasteiger partial charge in [-0.25, -0.2) is 22.1 Å². The van der Waals surface area contributed by atoms with Gasteiger partial charge in [0.05, 0.1) is 12.3 Å². The molecule has 0 aromatic heterocycles. The summed E-state index contributed by atoms with van der Waals surface area (Å²) >= 11 is 0. The Morgan fingerprint density at radius 1 is 1.29 bits per heavy atom. The van der Waals surface area contributed by atoms with Crippen molar-refractivity contribution < 1.29 is 12.8 Å². The molecule has 136 valence electrons. The molecule has 1 aromatic rings. The zero-order chi connectivity index (χ0) is 18.0. The predicted octanol–water partition coefficient (Wildman–Crippen LogP) is 1.55. The van der Waals surface area contributed by atoms with E-state index in [-0.39, 0.29) is 11.6 Å². The van der Waals surface area contributed by atoms with Crippen LogP contribution in [0, 0.1) is 5.82 Å². The topological polar surface area (TPSA) is 73.8 Å². The van der Waals surface area contributed by atoms with Crippen molar-refractivity contribution in [1.82, 2.24) is 14.9 Å². The smallest absolute Gasteiger partial charge is 0.213 e. The second kappa shape index (κ2) is 10.2. The molecule has 0 saturated heterocycles. The molecule has 6 nitrogen and oxygen atoms in total. The molecule has 0 fully saturated rings. The van der Waals surface area contributed by atoms with Crippen molar-refractivity contribution in [2.75, 3.05) is 32.4 Å². The molecule has 1 rings (SSSR count). The van der Waals surface area contributed by atoms with E-state index in [0.29, 0.717) is 38.6 Å². The van der Waals surface area contributed by atoms with Gasteiger partial charge in [0.1, 0.15) is 5.82 Å². The van der Waals surface area contributed by atoms with Crippen LogP contribution in [0.4, 0.5) is 4.39 Å². The first kappa shape index (κ1) is 20.4.